The third kappa shape index (κ3) is 3.65. The first-order valence-corrected chi connectivity index (χ1v) is 5.58. The van der Waals surface area contributed by atoms with Crippen molar-refractivity contribution in [3.8, 4) is 0 Å². The third-order valence-corrected chi connectivity index (χ3v) is 3.37. The number of hydrogen-bond donors (Lipinski definition) is 2. The van der Waals surface area contributed by atoms with Crippen LogP contribution >= 0.6 is 0 Å². The second-order valence-electron chi connectivity index (χ2n) is 4.50. The lowest BCUT2D eigenvalue weighted by Crippen LogP contribution is -2.36. The van der Waals surface area contributed by atoms with Crippen LogP contribution in [0.25, 0.3) is 0 Å². The molecule has 0 heterocycles. The predicted molar refractivity (Wildman–Crippen MR) is 55.7 cm³/mol. The molecule has 2 heteroatoms. The Hall–Kier alpha value is -0.0800. The van der Waals surface area contributed by atoms with Gasteiger partial charge in [-0.15, -0.1) is 0 Å². The van der Waals surface area contributed by atoms with Crippen LogP contribution in [0, 0.1) is 11.8 Å². The van der Waals surface area contributed by atoms with Crippen LogP contribution in [0.15, 0.2) is 0 Å². The standard InChI is InChI=1S/C11H23NO/c1-9-4-5-11(8-10(9)2)12-6-3-7-13/h9-13H,3-8H2,1-2H3/t9-,10-,11+/m0/s1. The van der Waals surface area contributed by atoms with Gasteiger partial charge in [0.1, 0.15) is 0 Å². The van der Waals surface area contributed by atoms with Crippen LogP contribution in [0.5, 0.6) is 0 Å². The van der Waals surface area contributed by atoms with Gasteiger partial charge >= 0.3 is 0 Å². The van der Waals surface area contributed by atoms with Crippen molar-refractivity contribution in [3.63, 3.8) is 0 Å². The van der Waals surface area contributed by atoms with Gasteiger partial charge in [0.2, 0.25) is 0 Å². The van der Waals surface area contributed by atoms with Crippen molar-refractivity contribution in [3.05, 3.63) is 0 Å². The summed E-state index contributed by atoms with van der Waals surface area (Å²) in [5.41, 5.74) is 0. The second-order valence-corrected chi connectivity index (χ2v) is 4.50. The predicted octanol–water partition coefficient (Wildman–Crippen LogP) is 1.78. The quantitative estimate of drug-likeness (QED) is 0.654. The molecule has 2 N–H and O–H groups in total. The molecule has 1 saturated carbocycles. The van der Waals surface area contributed by atoms with Gasteiger partial charge in [0.25, 0.3) is 0 Å². The summed E-state index contributed by atoms with van der Waals surface area (Å²) in [5, 5.41) is 12.2. The Kier molecular flexibility index (Phi) is 4.74. The van der Waals surface area contributed by atoms with Crippen LogP contribution in [0.3, 0.4) is 0 Å². The van der Waals surface area contributed by atoms with Crippen LogP contribution < -0.4 is 5.32 Å². The van der Waals surface area contributed by atoms with Gasteiger partial charge in [-0.25, -0.2) is 0 Å². The topological polar surface area (TPSA) is 32.3 Å². The molecule has 3 atom stereocenters. The zero-order chi connectivity index (χ0) is 9.68. The molecular formula is C11H23NO. The normalized spacial score (nSPS) is 34.8. The molecule has 1 fully saturated rings. The molecule has 1 aliphatic rings. The van der Waals surface area contributed by atoms with Gasteiger partial charge in [-0.3, -0.25) is 0 Å². The number of aliphatic hydroxyl groups excluding tert-OH is 1. The lowest BCUT2D eigenvalue weighted by molar-refractivity contribution is 0.220. The van der Waals surface area contributed by atoms with E-state index in [0.29, 0.717) is 12.6 Å². The summed E-state index contributed by atoms with van der Waals surface area (Å²) in [4.78, 5) is 0. The molecule has 0 spiro atoms. The van der Waals surface area contributed by atoms with E-state index in [1.54, 1.807) is 0 Å². The fourth-order valence-electron chi connectivity index (χ4n) is 2.12. The monoisotopic (exact) mass is 185 g/mol. The van der Waals surface area contributed by atoms with E-state index < -0.39 is 0 Å². The Balaban J connectivity index is 2.14. The Morgan fingerprint density at radius 3 is 2.62 bits per heavy atom. The van der Waals surface area contributed by atoms with Crippen LogP contribution in [0.1, 0.15) is 39.5 Å². The van der Waals surface area contributed by atoms with Gasteiger partial charge in [0.15, 0.2) is 0 Å². The molecule has 0 unspecified atom stereocenters. The molecule has 1 rings (SSSR count). The summed E-state index contributed by atoms with van der Waals surface area (Å²) in [5.74, 6) is 1.76. The average Bonchev–Trinajstić information content (AvgIpc) is 2.12. The lowest BCUT2D eigenvalue weighted by atomic mass is 9.79. The minimum Gasteiger partial charge on any atom is -0.396 e. The molecule has 0 radical (unpaired) electrons. The average molecular weight is 185 g/mol. The number of nitrogens with one attached hydrogen (secondary N) is 1. The van der Waals surface area contributed by atoms with Gasteiger partial charge < -0.3 is 10.4 Å². The molecule has 2 nitrogen and oxygen atoms in total. The van der Waals surface area contributed by atoms with Gasteiger partial charge in [-0.05, 0) is 44.1 Å². The van der Waals surface area contributed by atoms with E-state index in [0.717, 1.165) is 24.8 Å². The fourth-order valence-corrected chi connectivity index (χ4v) is 2.12. The molecule has 0 aromatic heterocycles. The van der Waals surface area contributed by atoms with Gasteiger partial charge in [0.05, 0.1) is 0 Å². The van der Waals surface area contributed by atoms with E-state index in [1.165, 1.54) is 19.3 Å². The van der Waals surface area contributed by atoms with Crippen molar-refractivity contribution in [1.82, 2.24) is 5.32 Å². The summed E-state index contributed by atoms with van der Waals surface area (Å²) >= 11 is 0. The number of hydrogen-bond acceptors (Lipinski definition) is 2. The van der Waals surface area contributed by atoms with Gasteiger partial charge in [0, 0.05) is 12.6 Å². The summed E-state index contributed by atoms with van der Waals surface area (Å²) in [6, 6.07) is 0.706. The first kappa shape index (κ1) is 11.0. The van der Waals surface area contributed by atoms with E-state index in [-0.39, 0.29) is 0 Å². The molecule has 0 aromatic carbocycles. The van der Waals surface area contributed by atoms with Gasteiger partial charge in [-0.2, -0.15) is 0 Å². The molecular weight excluding hydrogens is 162 g/mol. The first-order valence-electron chi connectivity index (χ1n) is 5.58. The molecule has 78 valence electrons. The zero-order valence-corrected chi connectivity index (χ0v) is 8.92. The molecule has 1 aliphatic carbocycles. The SMILES string of the molecule is C[C@H]1CC[C@@H](NCCCO)C[C@@H]1C. The summed E-state index contributed by atoms with van der Waals surface area (Å²) in [7, 11) is 0. The van der Waals surface area contributed by atoms with Crippen LogP contribution in [-0.2, 0) is 0 Å². The zero-order valence-electron chi connectivity index (χ0n) is 8.92. The Morgan fingerprint density at radius 2 is 2.00 bits per heavy atom. The van der Waals surface area contributed by atoms with Gasteiger partial charge in [-0.1, -0.05) is 13.8 Å². The summed E-state index contributed by atoms with van der Waals surface area (Å²) < 4.78 is 0. The van der Waals surface area contributed by atoms with E-state index in [2.05, 4.69) is 19.2 Å². The maximum absolute atomic E-state index is 8.65. The van der Waals surface area contributed by atoms with Crippen LogP contribution in [0.4, 0.5) is 0 Å². The molecule has 0 aliphatic heterocycles. The lowest BCUT2D eigenvalue weighted by Gasteiger charge is -2.32. The third-order valence-electron chi connectivity index (χ3n) is 3.37. The summed E-state index contributed by atoms with van der Waals surface area (Å²) in [6.07, 6.45) is 4.88. The van der Waals surface area contributed by atoms with Crippen molar-refractivity contribution < 1.29 is 5.11 Å². The van der Waals surface area contributed by atoms with Crippen molar-refractivity contribution in [2.75, 3.05) is 13.2 Å². The molecule has 0 amide bonds. The number of rotatable bonds is 4. The highest BCUT2D eigenvalue weighted by Gasteiger charge is 2.23. The van der Waals surface area contributed by atoms with E-state index in [1.807, 2.05) is 0 Å². The maximum atomic E-state index is 8.65. The molecule has 0 saturated heterocycles. The first-order chi connectivity index (χ1) is 6.24. The Bertz CT molecular complexity index is 138. The van der Waals surface area contributed by atoms with Crippen LogP contribution in [0.2, 0.25) is 0 Å². The molecule has 0 aromatic rings. The fraction of sp³-hybridized carbons (Fsp3) is 1.00. The van der Waals surface area contributed by atoms with Crippen molar-refractivity contribution in [1.29, 1.82) is 0 Å². The van der Waals surface area contributed by atoms with Crippen molar-refractivity contribution in [2.45, 2.75) is 45.6 Å². The highest BCUT2D eigenvalue weighted by Crippen LogP contribution is 2.29. The number of aliphatic hydroxyl groups is 1. The Morgan fingerprint density at radius 1 is 1.23 bits per heavy atom. The minimum absolute atomic E-state index is 0.311. The van der Waals surface area contributed by atoms with E-state index in [4.69, 9.17) is 5.11 Å². The maximum Gasteiger partial charge on any atom is 0.0443 e. The second kappa shape index (κ2) is 5.61. The highest BCUT2D eigenvalue weighted by molar-refractivity contribution is 4.79. The van der Waals surface area contributed by atoms with Crippen molar-refractivity contribution >= 4 is 0 Å². The van der Waals surface area contributed by atoms with E-state index >= 15 is 0 Å². The molecule has 0 bridgehead atoms. The summed E-state index contributed by atoms with van der Waals surface area (Å²) in [6.45, 7) is 5.99. The Labute approximate surface area is 81.7 Å². The highest BCUT2D eigenvalue weighted by atomic mass is 16.3. The van der Waals surface area contributed by atoms with Crippen LogP contribution in [-0.4, -0.2) is 24.3 Å². The van der Waals surface area contributed by atoms with Crippen molar-refractivity contribution in [2.24, 2.45) is 11.8 Å². The minimum atomic E-state index is 0.311. The van der Waals surface area contributed by atoms with E-state index in [9.17, 15) is 0 Å². The molecule has 13 heavy (non-hydrogen) atoms. The smallest absolute Gasteiger partial charge is 0.0443 e. The largest absolute Gasteiger partial charge is 0.396 e.